The molecule has 1 unspecified atom stereocenters. The predicted octanol–water partition coefficient (Wildman–Crippen LogP) is 2.02. The summed E-state index contributed by atoms with van der Waals surface area (Å²) >= 11 is 0. The maximum Gasteiger partial charge on any atom is 0.163 e. The average Bonchev–Trinajstić information content (AvgIpc) is 2.72. The van der Waals surface area contributed by atoms with E-state index in [0.29, 0.717) is 19.1 Å². The quantitative estimate of drug-likeness (QED) is 0.886. The second-order valence-electron chi connectivity index (χ2n) is 5.37. The second-order valence-corrected chi connectivity index (χ2v) is 5.37. The Balaban J connectivity index is 1.80. The lowest BCUT2D eigenvalue weighted by Gasteiger charge is -2.27. The lowest BCUT2D eigenvalue weighted by atomic mass is 10.0. The SMILES string of the molecule is NCC1CCCCN(c2ccc3c(c2)OCCO3)C1. The first kappa shape index (κ1) is 12.6. The molecule has 2 aliphatic rings. The van der Waals surface area contributed by atoms with Gasteiger partial charge in [-0.05, 0) is 37.4 Å². The zero-order chi connectivity index (χ0) is 13.1. The first-order valence-corrected chi connectivity index (χ1v) is 7.21. The van der Waals surface area contributed by atoms with Crippen LogP contribution in [0.3, 0.4) is 0 Å². The van der Waals surface area contributed by atoms with E-state index >= 15 is 0 Å². The molecule has 2 heterocycles. The van der Waals surface area contributed by atoms with E-state index in [4.69, 9.17) is 15.2 Å². The normalized spacial score (nSPS) is 23.0. The Morgan fingerprint density at radius 1 is 1.16 bits per heavy atom. The molecule has 0 radical (unpaired) electrons. The van der Waals surface area contributed by atoms with Crippen molar-refractivity contribution in [2.75, 3.05) is 37.7 Å². The molecule has 4 nitrogen and oxygen atoms in total. The van der Waals surface area contributed by atoms with E-state index in [1.54, 1.807) is 0 Å². The Hall–Kier alpha value is -1.42. The fraction of sp³-hybridized carbons (Fsp3) is 0.600. The highest BCUT2D eigenvalue weighted by Crippen LogP contribution is 2.34. The van der Waals surface area contributed by atoms with Gasteiger partial charge in [0.1, 0.15) is 13.2 Å². The van der Waals surface area contributed by atoms with E-state index in [9.17, 15) is 0 Å². The van der Waals surface area contributed by atoms with Crippen LogP contribution in [0.5, 0.6) is 11.5 Å². The van der Waals surface area contributed by atoms with Crippen LogP contribution in [0.25, 0.3) is 0 Å². The number of nitrogens with two attached hydrogens (primary N) is 1. The molecule has 2 aliphatic heterocycles. The van der Waals surface area contributed by atoms with Crippen molar-refractivity contribution in [2.45, 2.75) is 19.3 Å². The van der Waals surface area contributed by atoms with Crippen molar-refractivity contribution in [1.29, 1.82) is 0 Å². The topological polar surface area (TPSA) is 47.7 Å². The van der Waals surface area contributed by atoms with Crippen molar-refractivity contribution in [1.82, 2.24) is 0 Å². The van der Waals surface area contributed by atoms with Crippen LogP contribution < -0.4 is 20.1 Å². The molecule has 1 aromatic carbocycles. The molecule has 0 bridgehead atoms. The van der Waals surface area contributed by atoms with Crippen molar-refractivity contribution in [3.8, 4) is 11.5 Å². The molecule has 1 fully saturated rings. The van der Waals surface area contributed by atoms with Gasteiger partial charge in [-0.1, -0.05) is 6.42 Å². The van der Waals surface area contributed by atoms with Crippen LogP contribution in [-0.2, 0) is 0 Å². The van der Waals surface area contributed by atoms with Gasteiger partial charge >= 0.3 is 0 Å². The molecule has 1 aromatic rings. The highest BCUT2D eigenvalue weighted by molar-refractivity contribution is 5.57. The smallest absolute Gasteiger partial charge is 0.163 e. The van der Waals surface area contributed by atoms with Crippen molar-refractivity contribution in [3.63, 3.8) is 0 Å². The highest BCUT2D eigenvalue weighted by atomic mass is 16.6. The van der Waals surface area contributed by atoms with Gasteiger partial charge in [0, 0.05) is 24.8 Å². The number of hydrogen-bond donors (Lipinski definition) is 1. The molecule has 104 valence electrons. The largest absolute Gasteiger partial charge is 0.486 e. The van der Waals surface area contributed by atoms with Crippen molar-refractivity contribution in [2.24, 2.45) is 11.7 Å². The minimum Gasteiger partial charge on any atom is -0.486 e. The minimum absolute atomic E-state index is 0.607. The summed E-state index contributed by atoms with van der Waals surface area (Å²) in [5, 5.41) is 0. The first-order chi connectivity index (χ1) is 9.36. The molecule has 1 saturated heterocycles. The Bertz CT molecular complexity index is 436. The van der Waals surface area contributed by atoms with Crippen LogP contribution in [0.15, 0.2) is 18.2 Å². The van der Waals surface area contributed by atoms with Crippen LogP contribution in [0, 0.1) is 5.92 Å². The van der Waals surface area contributed by atoms with E-state index < -0.39 is 0 Å². The molecular formula is C15H22N2O2. The summed E-state index contributed by atoms with van der Waals surface area (Å²) in [5.41, 5.74) is 7.08. The van der Waals surface area contributed by atoms with Gasteiger partial charge < -0.3 is 20.1 Å². The van der Waals surface area contributed by atoms with E-state index in [1.807, 2.05) is 6.07 Å². The molecule has 0 saturated carbocycles. The number of hydrogen-bond acceptors (Lipinski definition) is 4. The molecule has 0 amide bonds. The van der Waals surface area contributed by atoms with Gasteiger partial charge in [0.15, 0.2) is 11.5 Å². The van der Waals surface area contributed by atoms with Crippen LogP contribution >= 0.6 is 0 Å². The molecule has 0 aromatic heterocycles. The number of rotatable bonds is 2. The molecule has 19 heavy (non-hydrogen) atoms. The Morgan fingerprint density at radius 2 is 2.00 bits per heavy atom. The van der Waals surface area contributed by atoms with Gasteiger partial charge in [-0.2, -0.15) is 0 Å². The third-order valence-corrected chi connectivity index (χ3v) is 3.99. The van der Waals surface area contributed by atoms with Gasteiger partial charge in [-0.15, -0.1) is 0 Å². The van der Waals surface area contributed by atoms with E-state index in [-0.39, 0.29) is 0 Å². The van der Waals surface area contributed by atoms with E-state index in [2.05, 4.69) is 17.0 Å². The van der Waals surface area contributed by atoms with Gasteiger partial charge in [0.05, 0.1) is 0 Å². The standard InChI is InChI=1S/C15H22N2O2/c16-10-12-3-1-2-6-17(11-12)13-4-5-14-15(9-13)19-8-7-18-14/h4-5,9,12H,1-3,6-8,10-11,16H2. The Kier molecular flexibility index (Phi) is 3.78. The molecular weight excluding hydrogens is 240 g/mol. The number of ether oxygens (including phenoxy) is 2. The van der Waals surface area contributed by atoms with Crippen molar-refractivity contribution < 1.29 is 9.47 Å². The minimum atomic E-state index is 0.607. The fourth-order valence-corrected chi connectivity index (χ4v) is 2.89. The van der Waals surface area contributed by atoms with Crippen LogP contribution in [0.4, 0.5) is 5.69 Å². The maximum atomic E-state index is 5.85. The molecule has 4 heteroatoms. The third-order valence-electron chi connectivity index (χ3n) is 3.99. The fourth-order valence-electron chi connectivity index (χ4n) is 2.89. The van der Waals surface area contributed by atoms with Gasteiger partial charge in [-0.3, -0.25) is 0 Å². The second kappa shape index (κ2) is 5.70. The van der Waals surface area contributed by atoms with E-state index in [0.717, 1.165) is 31.1 Å². The summed E-state index contributed by atoms with van der Waals surface area (Å²) in [7, 11) is 0. The van der Waals surface area contributed by atoms with Gasteiger partial charge in [0.25, 0.3) is 0 Å². The maximum absolute atomic E-state index is 5.85. The summed E-state index contributed by atoms with van der Waals surface area (Å²) in [4.78, 5) is 2.43. The summed E-state index contributed by atoms with van der Waals surface area (Å²) < 4.78 is 11.2. The summed E-state index contributed by atoms with van der Waals surface area (Å²) in [5.74, 6) is 2.34. The highest BCUT2D eigenvalue weighted by Gasteiger charge is 2.19. The first-order valence-electron chi connectivity index (χ1n) is 7.21. The number of benzene rings is 1. The van der Waals surface area contributed by atoms with Crippen molar-refractivity contribution in [3.05, 3.63) is 18.2 Å². The molecule has 0 spiro atoms. The zero-order valence-electron chi connectivity index (χ0n) is 11.3. The summed E-state index contributed by atoms with van der Waals surface area (Å²) in [6, 6.07) is 6.26. The summed E-state index contributed by atoms with van der Waals surface area (Å²) in [6.45, 7) is 4.22. The van der Waals surface area contributed by atoms with Crippen LogP contribution in [0.2, 0.25) is 0 Å². The predicted molar refractivity (Wildman–Crippen MR) is 76.0 cm³/mol. The monoisotopic (exact) mass is 262 g/mol. The van der Waals surface area contributed by atoms with E-state index in [1.165, 1.54) is 24.9 Å². The third kappa shape index (κ3) is 2.78. The Labute approximate surface area is 114 Å². The lowest BCUT2D eigenvalue weighted by molar-refractivity contribution is 0.171. The molecule has 0 aliphatic carbocycles. The average molecular weight is 262 g/mol. The lowest BCUT2D eigenvalue weighted by Crippen LogP contribution is -2.31. The van der Waals surface area contributed by atoms with Gasteiger partial charge in [-0.25, -0.2) is 0 Å². The Morgan fingerprint density at radius 3 is 2.84 bits per heavy atom. The number of nitrogens with zero attached hydrogens (tertiary/aromatic N) is 1. The van der Waals surface area contributed by atoms with Crippen molar-refractivity contribution >= 4 is 5.69 Å². The van der Waals surface area contributed by atoms with Gasteiger partial charge in [0.2, 0.25) is 0 Å². The number of anilines is 1. The molecule has 3 rings (SSSR count). The van der Waals surface area contributed by atoms with Crippen LogP contribution in [-0.4, -0.2) is 32.8 Å². The summed E-state index contributed by atoms with van der Waals surface area (Å²) in [6.07, 6.45) is 3.77. The zero-order valence-corrected chi connectivity index (χ0v) is 11.3. The molecule has 1 atom stereocenters. The molecule has 2 N–H and O–H groups in total. The number of fused-ring (bicyclic) bond motifs is 1. The van der Waals surface area contributed by atoms with Crippen LogP contribution in [0.1, 0.15) is 19.3 Å².